The van der Waals surface area contributed by atoms with Gasteiger partial charge in [0.1, 0.15) is 4.34 Å². The van der Waals surface area contributed by atoms with E-state index in [1.54, 1.807) is 30.2 Å². The van der Waals surface area contributed by atoms with Crippen LogP contribution in [0, 0.1) is 6.92 Å². The van der Waals surface area contributed by atoms with Gasteiger partial charge in [-0.1, -0.05) is 11.8 Å². The van der Waals surface area contributed by atoms with Crippen molar-refractivity contribution in [2.45, 2.75) is 11.3 Å². The van der Waals surface area contributed by atoms with Gasteiger partial charge in [-0.3, -0.25) is 0 Å². The second kappa shape index (κ2) is 7.23. The molecule has 5 heteroatoms. The molecule has 0 saturated carbocycles. The molecule has 0 amide bonds. The molecule has 0 saturated heterocycles. The monoisotopic (exact) mass is 232 g/mol. The van der Waals surface area contributed by atoms with Crippen LogP contribution in [0.3, 0.4) is 0 Å². The van der Waals surface area contributed by atoms with E-state index in [0.717, 1.165) is 35.5 Å². The van der Waals surface area contributed by atoms with E-state index >= 15 is 0 Å². The Labute approximate surface area is 93.3 Å². The molecule has 0 aliphatic heterocycles. The maximum atomic E-state index is 4.93. The van der Waals surface area contributed by atoms with Crippen LogP contribution in [0.1, 0.15) is 5.69 Å². The van der Waals surface area contributed by atoms with Crippen LogP contribution in [0.15, 0.2) is 9.72 Å². The molecule has 0 atom stereocenters. The Balaban J connectivity index is 1.99. The molecule has 0 spiro atoms. The average molecular weight is 232 g/mol. The fraction of sp³-hybridized carbons (Fsp3) is 0.667. The third-order valence-electron chi connectivity index (χ3n) is 1.59. The van der Waals surface area contributed by atoms with Gasteiger partial charge in [0.25, 0.3) is 0 Å². The van der Waals surface area contributed by atoms with E-state index in [2.05, 4.69) is 15.7 Å². The molecule has 14 heavy (non-hydrogen) atoms. The van der Waals surface area contributed by atoms with Crippen molar-refractivity contribution in [3.05, 3.63) is 11.1 Å². The standard InChI is InChI=1S/C9H16N2OS2/c1-8-7-14-9(11-8)13-6-4-10-3-5-12-2/h7,10H,3-6H2,1-2H3. The molecular weight excluding hydrogens is 216 g/mol. The van der Waals surface area contributed by atoms with E-state index in [9.17, 15) is 0 Å². The second-order valence-corrected chi connectivity index (χ2v) is 5.05. The van der Waals surface area contributed by atoms with Gasteiger partial charge >= 0.3 is 0 Å². The molecule has 1 aromatic rings. The van der Waals surface area contributed by atoms with Crippen LogP contribution in [0.5, 0.6) is 0 Å². The summed E-state index contributed by atoms with van der Waals surface area (Å²) in [5, 5.41) is 5.38. The summed E-state index contributed by atoms with van der Waals surface area (Å²) in [4.78, 5) is 4.37. The maximum Gasteiger partial charge on any atom is 0.150 e. The molecular formula is C9H16N2OS2. The molecule has 1 heterocycles. The minimum atomic E-state index is 0.779. The number of aromatic nitrogens is 1. The van der Waals surface area contributed by atoms with Gasteiger partial charge in [-0.2, -0.15) is 0 Å². The smallest absolute Gasteiger partial charge is 0.150 e. The van der Waals surface area contributed by atoms with Gasteiger partial charge in [0.2, 0.25) is 0 Å². The highest BCUT2D eigenvalue weighted by molar-refractivity contribution is 8.01. The summed E-state index contributed by atoms with van der Waals surface area (Å²) in [6.07, 6.45) is 0. The zero-order valence-corrected chi connectivity index (χ0v) is 10.2. The number of hydrogen-bond acceptors (Lipinski definition) is 5. The molecule has 0 aliphatic rings. The Hall–Kier alpha value is -0.100. The summed E-state index contributed by atoms with van der Waals surface area (Å²) in [7, 11) is 1.72. The van der Waals surface area contributed by atoms with Gasteiger partial charge in [-0.25, -0.2) is 4.98 Å². The minimum absolute atomic E-state index is 0.779. The Morgan fingerprint density at radius 2 is 2.43 bits per heavy atom. The largest absolute Gasteiger partial charge is 0.383 e. The lowest BCUT2D eigenvalue weighted by atomic mass is 10.6. The lowest BCUT2D eigenvalue weighted by Crippen LogP contribution is -2.21. The average Bonchev–Trinajstić information content (AvgIpc) is 2.58. The predicted octanol–water partition coefficient (Wildman–Crippen LogP) is 1.78. The first-order valence-corrected chi connectivity index (χ1v) is 6.44. The third-order valence-corrected chi connectivity index (χ3v) is 3.73. The van der Waals surface area contributed by atoms with Crippen molar-refractivity contribution in [2.24, 2.45) is 0 Å². The first-order chi connectivity index (χ1) is 6.83. The zero-order chi connectivity index (χ0) is 10.2. The summed E-state index contributed by atoms with van der Waals surface area (Å²) in [5.74, 6) is 1.07. The van der Waals surface area contributed by atoms with Crippen LogP contribution >= 0.6 is 23.1 Å². The molecule has 1 N–H and O–H groups in total. The van der Waals surface area contributed by atoms with E-state index in [0.29, 0.717) is 0 Å². The lowest BCUT2D eigenvalue weighted by molar-refractivity contribution is 0.200. The lowest BCUT2D eigenvalue weighted by Gasteiger charge is -2.01. The number of rotatable bonds is 7. The molecule has 0 radical (unpaired) electrons. The Morgan fingerprint density at radius 1 is 1.57 bits per heavy atom. The number of hydrogen-bond donors (Lipinski definition) is 1. The van der Waals surface area contributed by atoms with Crippen LogP contribution < -0.4 is 5.32 Å². The number of nitrogens with one attached hydrogen (secondary N) is 1. The molecule has 0 aromatic carbocycles. The van der Waals surface area contributed by atoms with E-state index in [1.165, 1.54) is 0 Å². The number of nitrogens with zero attached hydrogens (tertiary/aromatic N) is 1. The SMILES string of the molecule is COCCNCCSc1nc(C)cs1. The normalized spacial score (nSPS) is 10.7. The first kappa shape index (κ1) is 12.0. The number of methoxy groups -OCH3 is 1. The molecule has 80 valence electrons. The van der Waals surface area contributed by atoms with Crippen molar-refractivity contribution < 1.29 is 4.74 Å². The summed E-state index contributed by atoms with van der Waals surface area (Å²) in [6.45, 7) is 4.74. The van der Waals surface area contributed by atoms with E-state index in [4.69, 9.17) is 4.74 Å². The highest BCUT2D eigenvalue weighted by Crippen LogP contribution is 2.21. The van der Waals surface area contributed by atoms with Crippen LogP contribution in [0.25, 0.3) is 0 Å². The van der Waals surface area contributed by atoms with Crippen molar-refractivity contribution in [1.82, 2.24) is 10.3 Å². The molecule has 0 bridgehead atoms. The number of thioether (sulfide) groups is 1. The third kappa shape index (κ3) is 4.95. The molecule has 0 fully saturated rings. The van der Waals surface area contributed by atoms with Crippen molar-refractivity contribution >= 4 is 23.1 Å². The van der Waals surface area contributed by atoms with Gasteiger partial charge in [0, 0.05) is 37.0 Å². The first-order valence-electron chi connectivity index (χ1n) is 4.57. The molecule has 0 aliphatic carbocycles. The highest BCUT2D eigenvalue weighted by Gasteiger charge is 1.98. The Morgan fingerprint density at radius 3 is 3.07 bits per heavy atom. The summed E-state index contributed by atoms with van der Waals surface area (Å²) >= 11 is 3.52. The topological polar surface area (TPSA) is 34.1 Å². The van der Waals surface area contributed by atoms with Gasteiger partial charge in [0.15, 0.2) is 0 Å². The van der Waals surface area contributed by atoms with Crippen molar-refractivity contribution in [3.8, 4) is 0 Å². The molecule has 1 rings (SSSR count). The summed E-state index contributed by atoms with van der Waals surface area (Å²) in [5.41, 5.74) is 1.12. The second-order valence-electron chi connectivity index (χ2n) is 2.85. The fourth-order valence-electron chi connectivity index (χ4n) is 0.908. The maximum absolute atomic E-state index is 4.93. The fourth-order valence-corrected chi connectivity index (χ4v) is 2.73. The van der Waals surface area contributed by atoms with Crippen molar-refractivity contribution in [1.29, 1.82) is 0 Å². The number of aryl methyl sites for hydroxylation is 1. The van der Waals surface area contributed by atoms with E-state index in [-0.39, 0.29) is 0 Å². The predicted molar refractivity (Wildman–Crippen MR) is 62.3 cm³/mol. The van der Waals surface area contributed by atoms with Gasteiger partial charge in [-0.15, -0.1) is 11.3 Å². The highest BCUT2D eigenvalue weighted by atomic mass is 32.2. The molecule has 0 unspecified atom stereocenters. The van der Waals surface area contributed by atoms with Crippen LogP contribution in [0.4, 0.5) is 0 Å². The summed E-state index contributed by atoms with van der Waals surface area (Å²) < 4.78 is 6.09. The quantitative estimate of drug-likeness (QED) is 0.574. The zero-order valence-electron chi connectivity index (χ0n) is 8.58. The van der Waals surface area contributed by atoms with Gasteiger partial charge in [0.05, 0.1) is 6.61 Å². The summed E-state index contributed by atoms with van der Waals surface area (Å²) in [6, 6.07) is 0. The van der Waals surface area contributed by atoms with E-state index < -0.39 is 0 Å². The Bertz CT molecular complexity index is 253. The van der Waals surface area contributed by atoms with Crippen LogP contribution in [-0.2, 0) is 4.74 Å². The molecule has 1 aromatic heterocycles. The molecule has 3 nitrogen and oxygen atoms in total. The number of thiazole rings is 1. The minimum Gasteiger partial charge on any atom is -0.383 e. The Kier molecular flexibility index (Phi) is 6.18. The van der Waals surface area contributed by atoms with Crippen LogP contribution in [0.2, 0.25) is 0 Å². The number of ether oxygens (including phenoxy) is 1. The van der Waals surface area contributed by atoms with Crippen molar-refractivity contribution in [2.75, 3.05) is 32.6 Å². The van der Waals surface area contributed by atoms with Gasteiger partial charge < -0.3 is 10.1 Å². The van der Waals surface area contributed by atoms with Crippen molar-refractivity contribution in [3.63, 3.8) is 0 Å². The van der Waals surface area contributed by atoms with Gasteiger partial charge in [-0.05, 0) is 6.92 Å². The van der Waals surface area contributed by atoms with E-state index in [1.807, 2.05) is 6.92 Å². The van der Waals surface area contributed by atoms with Crippen LogP contribution in [-0.4, -0.2) is 37.5 Å².